The van der Waals surface area contributed by atoms with E-state index in [0.717, 1.165) is 63.5 Å². The molecule has 0 radical (unpaired) electrons. The molecule has 46 heavy (non-hydrogen) atoms. The van der Waals surface area contributed by atoms with Crippen LogP contribution in [0.1, 0.15) is 75.0 Å². The number of rotatable bonds is 7. The van der Waals surface area contributed by atoms with Gasteiger partial charge in [-0.05, 0) is 61.8 Å². The molecule has 6 rings (SSSR count). The lowest BCUT2D eigenvalue weighted by molar-refractivity contribution is -0.139. The SMILES string of the molecule is COc1ccc(C2CCCCC2)c2c1cc1n2C=C2C(=C3C[C@@H](C(=O)N(C)C)C(C(C)=O)C[C@H]31)C=NC2C(=O)NS(=O)(=O)N(C)C. The number of hydrogen-bond donors (Lipinski definition) is 1. The number of allylic oxidation sites excluding steroid dienone is 1. The molecule has 2 aromatic rings. The number of ether oxygens (including phenoxy) is 1. The zero-order valence-electron chi connectivity index (χ0n) is 27.4. The Labute approximate surface area is 270 Å². The number of benzene rings is 1. The smallest absolute Gasteiger partial charge is 0.303 e. The van der Waals surface area contributed by atoms with Crippen LogP contribution in [0.15, 0.2) is 39.9 Å². The summed E-state index contributed by atoms with van der Waals surface area (Å²) in [4.78, 5) is 46.3. The molecule has 2 amide bonds. The van der Waals surface area contributed by atoms with E-state index in [9.17, 15) is 22.8 Å². The predicted octanol–water partition coefficient (Wildman–Crippen LogP) is 4.01. The van der Waals surface area contributed by atoms with Crippen molar-refractivity contribution in [1.29, 1.82) is 0 Å². The summed E-state index contributed by atoms with van der Waals surface area (Å²) < 4.78 is 36.5. The van der Waals surface area contributed by atoms with Crippen molar-refractivity contribution in [2.45, 2.75) is 69.7 Å². The maximum atomic E-state index is 13.6. The fourth-order valence-electron chi connectivity index (χ4n) is 7.89. The first-order valence-corrected chi connectivity index (χ1v) is 17.4. The van der Waals surface area contributed by atoms with Gasteiger partial charge in [0.25, 0.3) is 5.91 Å². The minimum absolute atomic E-state index is 0.0314. The van der Waals surface area contributed by atoms with Crippen molar-refractivity contribution in [3.8, 4) is 5.75 Å². The number of amides is 2. The average Bonchev–Trinajstić information content (AvgIpc) is 3.59. The zero-order chi connectivity index (χ0) is 33.1. The molecule has 2 aliphatic heterocycles. The third-order valence-electron chi connectivity index (χ3n) is 10.3. The maximum Gasteiger partial charge on any atom is 0.303 e. The number of nitrogens with one attached hydrogen (secondary N) is 1. The largest absolute Gasteiger partial charge is 0.496 e. The second kappa shape index (κ2) is 12.1. The van der Waals surface area contributed by atoms with Gasteiger partial charge in [0.1, 0.15) is 11.5 Å². The molecule has 11 nitrogen and oxygen atoms in total. The van der Waals surface area contributed by atoms with Gasteiger partial charge in [-0.3, -0.25) is 19.4 Å². The predicted molar refractivity (Wildman–Crippen MR) is 177 cm³/mol. The van der Waals surface area contributed by atoms with Crippen LogP contribution in [-0.2, 0) is 24.6 Å². The number of methoxy groups -OCH3 is 1. The van der Waals surface area contributed by atoms with Gasteiger partial charge in [-0.25, -0.2) is 4.72 Å². The Morgan fingerprint density at radius 3 is 2.39 bits per heavy atom. The highest BCUT2D eigenvalue weighted by molar-refractivity contribution is 7.87. The summed E-state index contributed by atoms with van der Waals surface area (Å²) in [6.07, 6.45) is 10.0. The number of carbonyl (C=O) groups excluding carboxylic acids is 3. The summed E-state index contributed by atoms with van der Waals surface area (Å²) in [5.41, 5.74) is 5.38. The van der Waals surface area contributed by atoms with E-state index in [0.29, 0.717) is 24.3 Å². The Hall–Kier alpha value is -3.77. The topological polar surface area (TPSA) is 130 Å². The normalized spacial score (nSPS) is 24.6. The monoisotopic (exact) mass is 649 g/mol. The fraction of sp³-hybridized carbons (Fsp3) is 0.529. The van der Waals surface area contributed by atoms with E-state index in [1.807, 2.05) is 12.3 Å². The Balaban J connectivity index is 1.59. The Morgan fingerprint density at radius 1 is 1.04 bits per heavy atom. The molecule has 246 valence electrons. The first-order chi connectivity index (χ1) is 21.8. The van der Waals surface area contributed by atoms with Crippen LogP contribution >= 0.6 is 0 Å². The molecular formula is C34H43N5O6S. The van der Waals surface area contributed by atoms with Crippen molar-refractivity contribution in [3.63, 3.8) is 0 Å². The van der Waals surface area contributed by atoms with E-state index >= 15 is 0 Å². The molecule has 4 atom stereocenters. The highest BCUT2D eigenvalue weighted by atomic mass is 32.2. The van der Waals surface area contributed by atoms with Crippen LogP contribution in [0, 0.1) is 11.8 Å². The van der Waals surface area contributed by atoms with Crippen molar-refractivity contribution in [2.75, 3.05) is 35.3 Å². The number of carbonyl (C=O) groups is 3. The number of ketones is 1. The molecule has 1 aromatic heterocycles. The Morgan fingerprint density at radius 2 is 1.76 bits per heavy atom. The van der Waals surface area contributed by atoms with Crippen molar-refractivity contribution in [2.24, 2.45) is 16.8 Å². The Bertz CT molecular complexity index is 1810. The molecule has 0 bridgehead atoms. The summed E-state index contributed by atoms with van der Waals surface area (Å²) >= 11 is 0. The van der Waals surface area contributed by atoms with Gasteiger partial charge in [0.15, 0.2) is 6.04 Å². The highest BCUT2D eigenvalue weighted by Gasteiger charge is 2.46. The average molecular weight is 650 g/mol. The van der Waals surface area contributed by atoms with E-state index in [2.05, 4.69) is 26.4 Å². The van der Waals surface area contributed by atoms with Crippen LogP contribution in [0.2, 0.25) is 0 Å². The zero-order valence-corrected chi connectivity index (χ0v) is 28.2. The molecule has 2 unspecified atom stereocenters. The van der Waals surface area contributed by atoms with Gasteiger partial charge in [-0.15, -0.1) is 0 Å². The lowest BCUT2D eigenvalue weighted by Crippen LogP contribution is -2.43. The lowest BCUT2D eigenvalue weighted by atomic mass is 9.67. The quantitative estimate of drug-likeness (QED) is 0.483. The third kappa shape index (κ3) is 5.38. The van der Waals surface area contributed by atoms with Gasteiger partial charge in [-0.1, -0.05) is 30.9 Å². The second-order valence-corrected chi connectivity index (χ2v) is 15.3. The highest BCUT2D eigenvalue weighted by Crippen LogP contribution is 2.52. The summed E-state index contributed by atoms with van der Waals surface area (Å²) in [7, 11) is 3.69. The lowest BCUT2D eigenvalue weighted by Gasteiger charge is -2.37. The number of aliphatic imine (C=N–C) groups is 1. The molecule has 1 aromatic carbocycles. The van der Waals surface area contributed by atoms with Gasteiger partial charge in [0, 0.05) is 69.1 Å². The molecule has 12 heteroatoms. The summed E-state index contributed by atoms with van der Waals surface area (Å²) in [6, 6.07) is 5.19. The second-order valence-electron chi connectivity index (χ2n) is 13.4. The number of hydrogen-bond acceptors (Lipinski definition) is 7. The van der Waals surface area contributed by atoms with Crippen LogP contribution < -0.4 is 9.46 Å². The minimum Gasteiger partial charge on any atom is -0.496 e. The standard InChI is InChI=1S/C34H43N5O6S/c1-19(40)22-14-24-23(15-25(22)34(42)37(2)3)27-17-35-31(33(41)36-46(43,44)38(4)5)28(27)18-39-29(24)16-26-30(45-6)13-12-21(32(26)39)20-10-8-7-9-11-20/h12-13,16-18,20,22,24-25,31H,7-11,14-15H2,1-6H3,(H,36,41)/t22?,24-,25-,31?/m1/s1. The molecule has 2 fully saturated rings. The molecule has 2 saturated carbocycles. The van der Waals surface area contributed by atoms with Crippen molar-refractivity contribution in [3.05, 3.63) is 46.2 Å². The molecule has 4 aliphatic rings. The van der Waals surface area contributed by atoms with Gasteiger partial charge in [-0.2, -0.15) is 12.7 Å². The molecule has 0 saturated heterocycles. The first-order valence-electron chi connectivity index (χ1n) is 16.0. The molecule has 2 aliphatic carbocycles. The van der Waals surface area contributed by atoms with Gasteiger partial charge < -0.3 is 14.2 Å². The molecule has 0 spiro atoms. The van der Waals surface area contributed by atoms with Crippen LogP contribution in [0.4, 0.5) is 0 Å². The Kier molecular flexibility index (Phi) is 8.47. The maximum absolute atomic E-state index is 13.6. The van der Waals surface area contributed by atoms with E-state index in [1.54, 1.807) is 34.3 Å². The van der Waals surface area contributed by atoms with Gasteiger partial charge in [0.05, 0.1) is 18.5 Å². The van der Waals surface area contributed by atoms with Crippen LogP contribution in [0.5, 0.6) is 5.75 Å². The van der Waals surface area contributed by atoms with Gasteiger partial charge >= 0.3 is 10.2 Å². The number of fused-ring (bicyclic) bond motifs is 6. The van der Waals surface area contributed by atoms with E-state index in [4.69, 9.17) is 4.74 Å². The van der Waals surface area contributed by atoms with Crippen LogP contribution in [0.3, 0.4) is 0 Å². The third-order valence-corrected chi connectivity index (χ3v) is 11.7. The number of nitrogens with zero attached hydrogens (tertiary/aromatic N) is 4. The number of Topliss-reactive ketones (excluding diaryl/α,β-unsaturated/α-hetero) is 1. The van der Waals surface area contributed by atoms with Crippen molar-refractivity contribution in [1.82, 2.24) is 18.5 Å². The van der Waals surface area contributed by atoms with E-state index in [-0.39, 0.29) is 17.6 Å². The van der Waals surface area contributed by atoms with E-state index in [1.165, 1.54) is 31.0 Å². The summed E-state index contributed by atoms with van der Waals surface area (Å²) in [5.74, 6) is -1.11. The summed E-state index contributed by atoms with van der Waals surface area (Å²) in [5, 5.41) is 0.946. The van der Waals surface area contributed by atoms with Crippen LogP contribution in [-0.4, -0.2) is 87.3 Å². The minimum atomic E-state index is -4.06. The van der Waals surface area contributed by atoms with Crippen molar-refractivity contribution < 1.29 is 27.5 Å². The van der Waals surface area contributed by atoms with Gasteiger partial charge in [0.2, 0.25) is 5.91 Å². The van der Waals surface area contributed by atoms with Crippen molar-refractivity contribution >= 4 is 51.1 Å². The first kappa shape index (κ1) is 32.2. The molecule has 1 N–H and O–H groups in total. The fourth-order valence-corrected chi connectivity index (χ4v) is 8.44. The number of aromatic nitrogens is 1. The van der Waals surface area contributed by atoms with Crippen LogP contribution in [0.25, 0.3) is 17.1 Å². The van der Waals surface area contributed by atoms with E-state index < -0.39 is 34.0 Å². The molecule has 3 heterocycles. The summed E-state index contributed by atoms with van der Waals surface area (Å²) in [6.45, 7) is 1.56. The molecular weight excluding hydrogens is 606 g/mol.